The molecule has 2 rings (SSSR count). The van der Waals surface area contributed by atoms with Crippen molar-refractivity contribution < 1.29 is 14.3 Å². The number of carbonyl (C=O) groups is 2. The molecule has 0 radical (unpaired) electrons. The fraction of sp³-hybridized carbons (Fsp3) is 0.111. The lowest BCUT2D eigenvalue weighted by molar-refractivity contribution is -0.137. The first-order chi connectivity index (χ1) is 11.1. The molecule has 0 atom stereocenters. The van der Waals surface area contributed by atoms with Gasteiger partial charge in [0.2, 0.25) is 0 Å². The van der Waals surface area contributed by atoms with Crippen LogP contribution in [0, 0.1) is 0 Å². The summed E-state index contributed by atoms with van der Waals surface area (Å²) in [6, 6.07) is 14.3. The Morgan fingerprint density at radius 2 is 1.74 bits per heavy atom. The fourth-order valence-electron chi connectivity index (χ4n) is 1.84. The zero-order valence-corrected chi connectivity index (χ0v) is 14.2. The molecule has 118 valence electrons. The van der Waals surface area contributed by atoms with Crippen LogP contribution in [-0.4, -0.2) is 18.5 Å². The maximum Gasteiger partial charge on any atom is 0.330 e. The summed E-state index contributed by atoms with van der Waals surface area (Å²) in [4.78, 5) is 23.3. The lowest BCUT2D eigenvalue weighted by Crippen LogP contribution is -2.11. The van der Waals surface area contributed by atoms with Crippen LogP contribution in [0.15, 0.2) is 59.1 Å². The second kappa shape index (κ2) is 8.29. The Morgan fingerprint density at radius 3 is 2.35 bits per heavy atom. The molecule has 0 aromatic heterocycles. The van der Waals surface area contributed by atoms with Gasteiger partial charge in [0.05, 0.1) is 6.61 Å². The van der Waals surface area contributed by atoms with Crippen LogP contribution in [0.1, 0.15) is 22.8 Å². The van der Waals surface area contributed by atoms with Gasteiger partial charge in [0.1, 0.15) is 0 Å². The minimum atomic E-state index is -0.375. The monoisotopic (exact) mass is 373 g/mol. The summed E-state index contributed by atoms with van der Waals surface area (Å²) in [7, 11) is 0. The number of carbonyl (C=O) groups excluding carboxylic acids is 2. The first-order valence-corrected chi connectivity index (χ1v) is 7.89. The summed E-state index contributed by atoms with van der Waals surface area (Å²) in [6.45, 7) is 2.11. The van der Waals surface area contributed by atoms with Crippen LogP contribution in [0.3, 0.4) is 0 Å². The second-order valence-electron chi connectivity index (χ2n) is 4.67. The van der Waals surface area contributed by atoms with E-state index in [9.17, 15) is 9.59 Å². The fourth-order valence-corrected chi connectivity index (χ4v) is 2.10. The van der Waals surface area contributed by atoms with Gasteiger partial charge in [0.25, 0.3) is 5.91 Å². The Morgan fingerprint density at radius 1 is 1.09 bits per heavy atom. The van der Waals surface area contributed by atoms with Gasteiger partial charge < -0.3 is 10.1 Å². The van der Waals surface area contributed by atoms with Crippen LogP contribution in [0.4, 0.5) is 5.69 Å². The molecule has 1 N–H and O–H groups in total. The third-order valence-electron chi connectivity index (χ3n) is 2.97. The van der Waals surface area contributed by atoms with E-state index in [2.05, 4.69) is 21.2 Å². The van der Waals surface area contributed by atoms with Gasteiger partial charge in [0, 0.05) is 21.8 Å². The Balaban J connectivity index is 1.98. The van der Waals surface area contributed by atoms with Crippen molar-refractivity contribution in [2.75, 3.05) is 11.9 Å². The molecule has 1 amide bonds. The largest absolute Gasteiger partial charge is 0.463 e. The predicted octanol–water partition coefficient (Wildman–Crippen LogP) is 4.28. The number of anilines is 1. The Bertz CT molecular complexity index is 706. The van der Waals surface area contributed by atoms with Crippen LogP contribution in [0.2, 0.25) is 0 Å². The van der Waals surface area contributed by atoms with Crippen molar-refractivity contribution in [1.29, 1.82) is 0 Å². The molecule has 0 fully saturated rings. The van der Waals surface area contributed by atoms with Crippen LogP contribution < -0.4 is 5.32 Å². The molecule has 0 heterocycles. The van der Waals surface area contributed by atoms with E-state index in [1.165, 1.54) is 6.08 Å². The molecule has 0 saturated carbocycles. The molecule has 0 aliphatic rings. The average Bonchev–Trinajstić information content (AvgIpc) is 2.55. The number of nitrogens with one attached hydrogen (secondary N) is 1. The van der Waals surface area contributed by atoms with Crippen molar-refractivity contribution in [1.82, 2.24) is 0 Å². The van der Waals surface area contributed by atoms with Gasteiger partial charge in [-0.2, -0.15) is 0 Å². The number of hydrogen-bond donors (Lipinski definition) is 1. The van der Waals surface area contributed by atoms with Crippen molar-refractivity contribution in [2.45, 2.75) is 6.92 Å². The summed E-state index contributed by atoms with van der Waals surface area (Å²) in [6.07, 6.45) is 3.04. The van der Waals surface area contributed by atoms with E-state index >= 15 is 0 Å². The number of esters is 1. The highest BCUT2D eigenvalue weighted by molar-refractivity contribution is 9.10. The molecular weight excluding hydrogens is 358 g/mol. The molecule has 23 heavy (non-hydrogen) atoms. The van der Waals surface area contributed by atoms with Crippen molar-refractivity contribution >= 4 is 39.6 Å². The number of ether oxygens (including phenoxy) is 1. The first kappa shape index (κ1) is 17.0. The van der Waals surface area contributed by atoms with Gasteiger partial charge >= 0.3 is 5.97 Å². The minimum absolute atomic E-state index is 0.174. The summed E-state index contributed by atoms with van der Waals surface area (Å²) >= 11 is 3.33. The summed E-state index contributed by atoms with van der Waals surface area (Å²) in [5.41, 5.74) is 2.12. The predicted molar refractivity (Wildman–Crippen MR) is 94.2 cm³/mol. The van der Waals surface area contributed by atoms with Gasteiger partial charge in [-0.3, -0.25) is 4.79 Å². The molecule has 0 spiro atoms. The van der Waals surface area contributed by atoms with Crippen LogP contribution in [0.5, 0.6) is 0 Å². The lowest BCUT2D eigenvalue weighted by Gasteiger charge is -2.05. The van der Waals surface area contributed by atoms with Crippen molar-refractivity contribution in [2.24, 2.45) is 0 Å². The maximum absolute atomic E-state index is 12.1. The molecule has 2 aromatic carbocycles. The molecular formula is C18H16BrNO3. The number of hydrogen-bond acceptors (Lipinski definition) is 3. The topological polar surface area (TPSA) is 55.4 Å². The van der Waals surface area contributed by atoms with E-state index in [1.807, 2.05) is 24.3 Å². The van der Waals surface area contributed by atoms with E-state index in [1.54, 1.807) is 37.3 Å². The zero-order valence-electron chi connectivity index (χ0n) is 12.6. The highest BCUT2D eigenvalue weighted by atomic mass is 79.9. The smallest absolute Gasteiger partial charge is 0.330 e. The Hall–Kier alpha value is -2.40. The molecule has 0 aliphatic carbocycles. The summed E-state index contributed by atoms with van der Waals surface area (Å²) < 4.78 is 5.73. The Labute approximate surface area is 143 Å². The lowest BCUT2D eigenvalue weighted by atomic mass is 10.1. The van der Waals surface area contributed by atoms with Crippen molar-refractivity contribution in [3.05, 3.63) is 70.2 Å². The zero-order chi connectivity index (χ0) is 16.7. The number of halogens is 1. The first-order valence-electron chi connectivity index (χ1n) is 7.10. The van der Waals surface area contributed by atoms with E-state index in [0.29, 0.717) is 17.9 Å². The van der Waals surface area contributed by atoms with E-state index in [4.69, 9.17) is 4.74 Å². The van der Waals surface area contributed by atoms with Gasteiger partial charge in [-0.1, -0.05) is 28.1 Å². The number of amides is 1. The molecule has 4 nitrogen and oxygen atoms in total. The SMILES string of the molecule is CCOC(=O)/C=C/c1ccc(NC(=O)c2ccc(Br)cc2)cc1. The minimum Gasteiger partial charge on any atom is -0.463 e. The van der Waals surface area contributed by atoms with Crippen molar-refractivity contribution in [3.8, 4) is 0 Å². The van der Waals surface area contributed by atoms with Crippen LogP contribution in [-0.2, 0) is 9.53 Å². The molecule has 5 heteroatoms. The summed E-state index contributed by atoms with van der Waals surface area (Å²) in [5, 5.41) is 2.82. The van der Waals surface area contributed by atoms with Gasteiger partial charge in [-0.05, 0) is 55.0 Å². The molecule has 0 aliphatic heterocycles. The maximum atomic E-state index is 12.1. The quantitative estimate of drug-likeness (QED) is 0.628. The third kappa shape index (κ3) is 5.38. The van der Waals surface area contributed by atoms with Crippen LogP contribution in [0.25, 0.3) is 6.08 Å². The van der Waals surface area contributed by atoms with Gasteiger partial charge in [-0.15, -0.1) is 0 Å². The molecule has 0 bridgehead atoms. The third-order valence-corrected chi connectivity index (χ3v) is 3.50. The number of rotatable bonds is 5. The van der Waals surface area contributed by atoms with Crippen molar-refractivity contribution in [3.63, 3.8) is 0 Å². The average molecular weight is 374 g/mol. The molecule has 2 aromatic rings. The summed E-state index contributed by atoms with van der Waals surface area (Å²) in [5.74, 6) is -0.549. The highest BCUT2D eigenvalue weighted by Crippen LogP contribution is 2.14. The highest BCUT2D eigenvalue weighted by Gasteiger charge is 2.05. The molecule has 0 saturated heterocycles. The van der Waals surface area contributed by atoms with Crippen LogP contribution >= 0.6 is 15.9 Å². The van der Waals surface area contributed by atoms with E-state index in [0.717, 1.165) is 10.0 Å². The van der Waals surface area contributed by atoms with Gasteiger partial charge in [-0.25, -0.2) is 4.79 Å². The standard InChI is InChI=1S/C18H16BrNO3/c1-2-23-17(21)12-5-13-3-10-16(11-4-13)20-18(22)14-6-8-15(19)9-7-14/h3-12H,2H2,1H3,(H,20,22)/b12-5+. The Kier molecular flexibility index (Phi) is 6.11. The second-order valence-corrected chi connectivity index (χ2v) is 5.58. The van der Waals surface area contributed by atoms with E-state index < -0.39 is 0 Å². The number of benzene rings is 2. The van der Waals surface area contributed by atoms with E-state index in [-0.39, 0.29) is 11.9 Å². The molecule has 0 unspecified atom stereocenters. The normalized spacial score (nSPS) is 10.5. The van der Waals surface area contributed by atoms with Gasteiger partial charge in [0.15, 0.2) is 0 Å².